The maximum atomic E-state index is 13.5. The van der Waals surface area contributed by atoms with E-state index in [9.17, 15) is 28.8 Å². The fourth-order valence-electron chi connectivity index (χ4n) is 9.20. The third-order valence-corrected chi connectivity index (χ3v) is 12.3. The first-order valence-electron chi connectivity index (χ1n) is 24.0. The molecule has 2 amide bonds. The molecule has 0 spiro atoms. The van der Waals surface area contributed by atoms with Crippen molar-refractivity contribution >= 4 is 63.2 Å². The number of carboxylic acid groups (broad SMARTS) is 1. The zero-order valence-corrected chi connectivity index (χ0v) is 45.4. The zero-order valence-electron chi connectivity index (χ0n) is 43.4. The van der Waals surface area contributed by atoms with Gasteiger partial charge in [0, 0.05) is 107 Å². The van der Waals surface area contributed by atoms with Gasteiger partial charge in [0.2, 0.25) is 0 Å². The number of hydrogen-bond acceptors (Lipinski definition) is 8. The second kappa shape index (κ2) is 26.6. The van der Waals surface area contributed by atoms with Gasteiger partial charge in [0.15, 0.2) is 11.6 Å². The molecule has 4 N–H and O–H groups in total. The Balaban J connectivity index is 0.000000361. The number of hydrogen-bond donors (Lipinski definition) is 3. The Morgan fingerprint density at radius 3 is 1.59 bits per heavy atom. The molecule has 2 aromatic carbocycles. The smallest absolute Gasteiger partial charge is 0.870 e. The molecular formula is C56H71N4NaO9. The summed E-state index contributed by atoms with van der Waals surface area (Å²) in [6.07, 6.45) is 15.9. The average Bonchev–Trinajstić information content (AvgIpc) is 3.80. The van der Waals surface area contributed by atoms with Crippen LogP contribution in [0.5, 0.6) is 0 Å². The van der Waals surface area contributed by atoms with Crippen LogP contribution in [-0.2, 0) is 30.3 Å². The number of esters is 1. The normalized spacial score (nSPS) is 13.8. The van der Waals surface area contributed by atoms with Crippen molar-refractivity contribution in [3.8, 4) is 0 Å². The second-order valence-electron chi connectivity index (χ2n) is 18.7. The van der Waals surface area contributed by atoms with Crippen LogP contribution in [0, 0.1) is 13.8 Å². The molecule has 70 heavy (non-hydrogen) atoms. The fraction of sp³-hybridized carbons (Fsp3) is 0.429. The first-order valence-corrected chi connectivity index (χ1v) is 24.0. The molecule has 13 nitrogen and oxygen atoms in total. The quantitative estimate of drug-likeness (QED) is 0.0503. The van der Waals surface area contributed by atoms with Crippen LogP contribution in [0.15, 0.2) is 88.3 Å². The maximum Gasteiger partial charge on any atom is 1.00 e. The molecule has 0 saturated carbocycles. The van der Waals surface area contributed by atoms with Gasteiger partial charge in [-0.15, -0.1) is 0 Å². The van der Waals surface area contributed by atoms with E-state index in [1.54, 1.807) is 25.1 Å². The van der Waals surface area contributed by atoms with Crippen LogP contribution in [0.2, 0.25) is 0 Å². The Morgan fingerprint density at radius 1 is 0.700 bits per heavy atom. The summed E-state index contributed by atoms with van der Waals surface area (Å²) >= 11 is 0. The van der Waals surface area contributed by atoms with E-state index >= 15 is 0 Å². The summed E-state index contributed by atoms with van der Waals surface area (Å²) in [5.74, 6) is -1.64. The molecule has 2 aromatic heterocycles. The molecule has 4 aromatic rings. The van der Waals surface area contributed by atoms with E-state index in [4.69, 9.17) is 9.84 Å². The van der Waals surface area contributed by atoms with Gasteiger partial charge in [0.05, 0.1) is 6.61 Å². The number of benzene rings is 2. The van der Waals surface area contributed by atoms with Crippen molar-refractivity contribution in [3.05, 3.63) is 122 Å². The van der Waals surface area contributed by atoms with Crippen molar-refractivity contribution in [2.75, 3.05) is 19.7 Å². The van der Waals surface area contributed by atoms with Crippen LogP contribution >= 0.6 is 0 Å². The molecular weight excluding hydrogens is 896 g/mol. The van der Waals surface area contributed by atoms with Crippen molar-refractivity contribution in [2.24, 2.45) is 0 Å². The number of carbonyl (C=O) groups excluding carboxylic acids is 5. The van der Waals surface area contributed by atoms with Crippen molar-refractivity contribution in [2.45, 2.75) is 140 Å². The Bertz CT molecular complexity index is 2790. The van der Waals surface area contributed by atoms with Crippen molar-refractivity contribution in [3.63, 3.8) is 0 Å². The van der Waals surface area contributed by atoms with E-state index in [2.05, 4.69) is 73.5 Å². The number of carboxylic acids is 1. The monoisotopic (exact) mass is 967 g/mol. The Kier molecular flexibility index (Phi) is 22.3. The molecule has 0 bridgehead atoms. The standard InChI is InChI=1S/C29H36N2O4.C27H34N2O4.Na.H2O/c1-7-9-22-12-19(5)13-26(32)24(22)16-30-29(34)23-14-21(10-11-27(33)35-8-2)15-25-28(23)20(6)17-31(25)18(3)4;1-6-7-20-10-17(4)11-24(30)22(20)14-28-27(33)21-12-19(8-9-25(31)32)13-23-26(21)18(5)15-29(23)16(2)3;;/h10-12,14-15,17-18H,7-9,13,16H2,1-6H3,(H,30,34);10,12-13,15-16H,6-9,11,14H2,1-5H3,(H,28,33)(H,31,32);;1H2/q;;+1;/p-1/b11-10+;;;. The molecule has 0 radical (unpaired) electrons. The topological polar surface area (TPSA) is 196 Å². The van der Waals surface area contributed by atoms with Crippen molar-refractivity contribution in [1.29, 1.82) is 0 Å². The second-order valence-corrected chi connectivity index (χ2v) is 18.7. The van der Waals surface area contributed by atoms with E-state index in [1.165, 1.54) is 6.08 Å². The number of fused-ring (bicyclic) bond motifs is 2. The number of rotatable bonds is 18. The molecule has 0 atom stereocenters. The molecule has 2 heterocycles. The summed E-state index contributed by atoms with van der Waals surface area (Å²) in [6.45, 7) is 22.9. The largest absolute Gasteiger partial charge is 1.00 e. The SMILES string of the molecule is CCCC1=C(CNC(=O)c2cc(/C=C/C(=O)OCC)cc3c2c(C)cn3C(C)C)C(=O)CC(C)=C1.CCCC1=C(CNC(=O)c2cc(CCC(=O)O)cc3c2c(C)cn3C(C)C)C(=O)CC(C)=C1.[Na+].[OH-]. The van der Waals surface area contributed by atoms with E-state index in [0.29, 0.717) is 48.1 Å². The van der Waals surface area contributed by atoms with Gasteiger partial charge in [-0.05, 0) is 145 Å². The van der Waals surface area contributed by atoms with Crippen molar-refractivity contribution in [1.82, 2.24) is 19.8 Å². The summed E-state index contributed by atoms with van der Waals surface area (Å²) < 4.78 is 9.24. The number of aryl methyl sites for hydroxylation is 3. The van der Waals surface area contributed by atoms with Gasteiger partial charge in [0.1, 0.15) is 0 Å². The number of aliphatic carboxylic acids is 1. The molecule has 6 rings (SSSR count). The fourth-order valence-corrected chi connectivity index (χ4v) is 9.20. The van der Waals surface area contributed by atoms with Gasteiger partial charge in [0.25, 0.3) is 11.8 Å². The molecule has 14 heteroatoms. The van der Waals surface area contributed by atoms with Crippen LogP contribution in [-0.4, -0.2) is 74.7 Å². The molecule has 0 fully saturated rings. The number of allylic oxidation sites excluding steroid dienone is 6. The van der Waals surface area contributed by atoms with E-state index in [1.807, 2.05) is 52.2 Å². The third kappa shape index (κ3) is 14.5. The Hall–Kier alpha value is -5.60. The third-order valence-electron chi connectivity index (χ3n) is 12.3. The van der Waals surface area contributed by atoms with Crippen LogP contribution < -0.4 is 40.2 Å². The number of carbonyl (C=O) groups is 6. The van der Waals surface area contributed by atoms with Crippen LogP contribution in [0.3, 0.4) is 0 Å². The maximum absolute atomic E-state index is 13.5. The van der Waals surface area contributed by atoms with Gasteiger partial charge in [-0.2, -0.15) is 0 Å². The summed E-state index contributed by atoms with van der Waals surface area (Å²) in [4.78, 5) is 75.2. The number of Topliss-reactive ketones (excluding diaryl/α,β-unsaturated/α-hetero) is 2. The summed E-state index contributed by atoms with van der Waals surface area (Å²) in [5, 5.41) is 16.9. The number of aromatic nitrogens is 2. The molecule has 370 valence electrons. The van der Waals surface area contributed by atoms with Gasteiger partial charge >= 0.3 is 41.5 Å². The molecule has 0 unspecified atom stereocenters. The number of ether oxygens (including phenoxy) is 1. The number of nitrogens with one attached hydrogen (secondary N) is 2. The molecule has 2 aliphatic carbocycles. The summed E-state index contributed by atoms with van der Waals surface area (Å²) in [7, 11) is 0. The minimum Gasteiger partial charge on any atom is -0.870 e. The minimum atomic E-state index is -0.869. The number of amides is 2. The van der Waals surface area contributed by atoms with E-state index in [-0.39, 0.29) is 90.0 Å². The Morgan fingerprint density at radius 2 is 1.16 bits per heavy atom. The summed E-state index contributed by atoms with van der Waals surface area (Å²) in [6, 6.07) is 7.95. The number of ketones is 2. The van der Waals surface area contributed by atoms with E-state index in [0.717, 1.165) is 92.0 Å². The van der Waals surface area contributed by atoms with E-state index < -0.39 is 11.9 Å². The van der Waals surface area contributed by atoms with Gasteiger partial charge in [-0.1, -0.05) is 50.0 Å². The molecule has 2 aliphatic rings. The molecule has 0 saturated heterocycles. The minimum absolute atomic E-state index is 0. The average molecular weight is 967 g/mol. The zero-order chi connectivity index (χ0) is 50.0. The number of nitrogens with zero attached hydrogens (tertiary/aromatic N) is 2. The van der Waals surface area contributed by atoms with Gasteiger partial charge < -0.3 is 35.1 Å². The first-order chi connectivity index (χ1) is 32.3. The van der Waals surface area contributed by atoms with Crippen LogP contribution in [0.4, 0.5) is 0 Å². The van der Waals surface area contributed by atoms with Crippen LogP contribution in [0.1, 0.15) is 162 Å². The van der Waals surface area contributed by atoms with Gasteiger partial charge in [-0.3, -0.25) is 24.0 Å². The van der Waals surface area contributed by atoms with Crippen molar-refractivity contribution < 1.29 is 73.6 Å². The Labute approximate surface area is 435 Å². The predicted molar refractivity (Wildman–Crippen MR) is 273 cm³/mol. The van der Waals surface area contributed by atoms with Crippen LogP contribution in [0.25, 0.3) is 27.9 Å². The van der Waals surface area contributed by atoms with Gasteiger partial charge in [-0.25, -0.2) is 4.79 Å². The summed E-state index contributed by atoms with van der Waals surface area (Å²) in [5.41, 5.74) is 11.9. The first kappa shape index (κ1) is 58.7. The predicted octanol–water partition coefficient (Wildman–Crippen LogP) is 7.97. The molecule has 0 aliphatic heterocycles.